The number of aromatic nitrogens is 1. The molecular weight excluding hydrogens is 370 g/mol. The molecule has 6 heteroatoms. The van der Waals surface area contributed by atoms with E-state index in [1.165, 1.54) is 15.8 Å². The second-order valence-corrected chi connectivity index (χ2v) is 8.10. The molecular formula is C22H25N3O2S. The number of fused-ring (bicyclic) bond motifs is 1. The van der Waals surface area contributed by atoms with Crippen LogP contribution in [0.1, 0.15) is 28.4 Å². The number of benzene rings is 2. The predicted octanol–water partition coefficient (Wildman–Crippen LogP) is 4.27. The first-order valence-corrected chi connectivity index (χ1v) is 10.5. The fourth-order valence-electron chi connectivity index (χ4n) is 3.49. The highest BCUT2D eigenvalue weighted by molar-refractivity contribution is 7.22. The maximum atomic E-state index is 12.8. The standard InChI is InChI=1S/C22H25N3O2S/c1-4-27-18-8-6-17(7-9-18)21(26)24-11-13-25(14-12-24)22-23-20-16(3)15(2)5-10-19(20)28-22/h5-10H,4,11-14H2,1-3H3. The van der Waals surface area contributed by atoms with Crippen LogP contribution < -0.4 is 9.64 Å². The van der Waals surface area contributed by atoms with Gasteiger partial charge in [-0.3, -0.25) is 4.79 Å². The van der Waals surface area contributed by atoms with E-state index < -0.39 is 0 Å². The summed E-state index contributed by atoms with van der Waals surface area (Å²) in [7, 11) is 0. The Hall–Kier alpha value is -2.60. The first-order valence-electron chi connectivity index (χ1n) is 9.70. The van der Waals surface area contributed by atoms with Crippen LogP contribution in [0.3, 0.4) is 0 Å². The van der Waals surface area contributed by atoms with Gasteiger partial charge in [-0.2, -0.15) is 0 Å². The Morgan fingerprint density at radius 3 is 2.46 bits per heavy atom. The summed E-state index contributed by atoms with van der Waals surface area (Å²) < 4.78 is 6.68. The summed E-state index contributed by atoms with van der Waals surface area (Å²) in [5.74, 6) is 0.878. The van der Waals surface area contributed by atoms with Crippen molar-refractivity contribution in [1.82, 2.24) is 9.88 Å². The van der Waals surface area contributed by atoms with Crippen molar-refractivity contribution < 1.29 is 9.53 Å². The van der Waals surface area contributed by atoms with E-state index in [0.717, 1.165) is 29.5 Å². The normalized spacial score (nSPS) is 14.5. The number of aryl methyl sites for hydroxylation is 2. The zero-order chi connectivity index (χ0) is 19.7. The van der Waals surface area contributed by atoms with Gasteiger partial charge in [0.05, 0.1) is 16.8 Å². The quantitative estimate of drug-likeness (QED) is 0.662. The molecule has 0 atom stereocenters. The van der Waals surface area contributed by atoms with E-state index in [9.17, 15) is 4.79 Å². The lowest BCUT2D eigenvalue weighted by molar-refractivity contribution is 0.0746. The number of nitrogens with zero attached hydrogens (tertiary/aromatic N) is 3. The molecule has 1 amide bonds. The molecule has 0 spiro atoms. The van der Waals surface area contributed by atoms with Gasteiger partial charge in [0.25, 0.3) is 5.91 Å². The molecule has 1 fully saturated rings. The molecule has 0 bridgehead atoms. The van der Waals surface area contributed by atoms with Gasteiger partial charge in [0.15, 0.2) is 5.13 Å². The molecule has 3 aromatic rings. The molecule has 1 aliphatic rings. The Morgan fingerprint density at radius 1 is 1.07 bits per heavy atom. The van der Waals surface area contributed by atoms with E-state index in [1.54, 1.807) is 11.3 Å². The van der Waals surface area contributed by atoms with Crippen molar-refractivity contribution in [2.45, 2.75) is 20.8 Å². The summed E-state index contributed by atoms with van der Waals surface area (Å²) in [6.45, 7) is 9.86. The van der Waals surface area contributed by atoms with Gasteiger partial charge in [0.2, 0.25) is 0 Å². The molecule has 146 valence electrons. The number of amides is 1. The Kier molecular flexibility index (Phi) is 5.22. The molecule has 28 heavy (non-hydrogen) atoms. The zero-order valence-electron chi connectivity index (χ0n) is 16.6. The lowest BCUT2D eigenvalue weighted by Crippen LogP contribution is -2.48. The second-order valence-electron chi connectivity index (χ2n) is 7.09. The van der Waals surface area contributed by atoms with Crippen molar-refractivity contribution in [3.05, 3.63) is 53.1 Å². The van der Waals surface area contributed by atoms with Gasteiger partial charge in [-0.25, -0.2) is 4.98 Å². The highest BCUT2D eigenvalue weighted by Crippen LogP contribution is 2.32. The molecule has 2 heterocycles. The van der Waals surface area contributed by atoms with Crippen molar-refractivity contribution in [2.24, 2.45) is 0 Å². The SMILES string of the molecule is CCOc1ccc(C(=O)N2CCN(c3nc4c(C)c(C)ccc4s3)CC2)cc1. The number of hydrogen-bond donors (Lipinski definition) is 0. The molecule has 1 saturated heterocycles. The van der Waals surface area contributed by atoms with Crippen LogP contribution in [0.4, 0.5) is 5.13 Å². The number of anilines is 1. The fourth-order valence-corrected chi connectivity index (χ4v) is 4.57. The van der Waals surface area contributed by atoms with Crippen molar-refractivity contribution in [2.75, 3.05) is 37.7 Å². The number of carbonyl (C=O) groups is 1. The van der Waals surface area contributed by atoms with E-state index in [2.05, 4.69) is 30.9 Å². The summed E-state index contributed by atoms with van der Waals surface area (Å²) in [6, 6.07) is 11.7. The maximum absolute atomic E-state index is 12.8. The van der Waals surface area contributed by atoms with Crippen LogP contribution in [0.25, 0.3) is 10.2 Å². The third kappa shape index (κ3) is 3.56. The summed E-state index contributed by atoms with van der Waals surface area (Å²) in [5.41, 5.74) is 4.34. The molecule has 2 aromatic carbocycles. The molecule has 1 aromatic heterocycles. The number of piperazine rings is 1. The van der Waals surface area contributed by atoms with E-state index in [-0.39, 0.29) is 5.91 Å². The average molecular weight is 396 g/mol. The Morgan fingerprint density at radius 2 is 1.79 bits per heavy atom. The Labute approximate surface area is 169 Å². The molecule has 0 N–H and O–H groups in total. The Balaban J connectivity index is 1.43. The minimum absolute atomic E-state index is 0.0819. The van der Waals surface area contributed by atoms with E-state index in [1.807, 2.05) is 36.1 Å². The molecule has 0 unspecified atom stereocenters. The number of rotatable bonds is 4. The minimum atomic E-state index is 0.0819. The first-order chi connectivity index (χ1) is 13.6. The van der Waals surface area contributed by atoms with Crippen LogP contribution >= 0.6 is 11.3 Å². The van der Waals surface area contributed by atoms with Gasteiger partial charge in [-0.15, -0.1) is 0 Å². The highest BCUT2D eigenvalue weighted by Gasteiger charge is 2.24. The van der Waals surface area contributed by atoms with Crippen LogP contribution in [0.5, 0.6) is 5.75 Å². The van der Waals surface area contributed by atoms with Gasteiger partial charge >= 0.3 is 0 Å². The minimum Gasteiger partial charge on any atom is -0.494 e. The molecule has 5 nitrogen and oxygen atoms in total. The van der Waals surface area contributed by atoms with Crippen LogP contribution in [0.2, 0.25) is 0 Å². The van der Waals surface area contributed by atoms with Gasteiger partial charge < -0.3 is 14.5 Å². The summed E-state index contributed by atoms with van der Waals surface area (Å²) in [6.07, 6.45) is 0. The number of ether oxygens (including phenoxy) is 1. The van der Waals surface area contributed by atoms with E-state index in [0.29, 0.717) is 25.3 Å². The summed E-state index contributed by atoms with van der Waals surface area (Å²) in [5, 5.41) is 1.05. The summed E-state index contributed by atoms with van der Waals surface area (Å²) in [4.78, 5) is 21.9. The van der Waals surface area contributed by atoms with Crippen molar-refractivity contribution in [3.8, 4) is 5.75 Å². The molecule has 0 radical (unpaired) electrons. The van der Waals surface area contributed by atoms with Gasteiger partial charge in [0, 0.05) is 31.7 Å². The topological polar surface area (TPSA) is 45.7 Å². The van der Waals surface area contributed by atoms with Crippen molar-refractivity contribution in [3.63, 3.8) is 0 Å². The van der Waals surface area contributed by atoms with E-state index >= 15 is 0 Å². The molecule has 1 aliphatic heterocycles. The first kappa shape index (κ1) is 18.7. The second kappa shape index (κ2) is 7.80. The van der Waals surface area contributed by atoms with Crippen molar-refractivity contribution >= 4 is 32.6 Å². The lowest BCUT2D eigenvalue weighted by Gasteiger charge is -2.34. The number of thiazole rings is 1. The number of hydrogen-bond acceptors (Lipinski definition) is 5. The van der Waals surface area contributed by atoms with Gasteiger partial charge in [0.1, 0.15) is 5.75 Å². The van der Waals surface area contributed by atoms with Crippen LogP contribution in [-0.2, 0) is 0 Å². The summed E-state index contributed by atoms with van der Waals surface area (Å²) >= 11 is 1.74. The Bertz CT molecular complexity index is 989. The van der Waals surface area contributed by atoms with Crippen LogP contribution in [0, 0.1) is 13.8 Å². The van der Waals surface area contributed by atoms with E-state index in [4.69, 9.17) is 9.72 Å². The van der Waals surface area contributed by atoms with Gasteiger partial charge in [-0.05, 0) is 62.2 Å². The fraction of sp³-hybridized carbons (Fsp3) is 0.364. The number of carbonyl (C=O) groups excluding carboxylic acids is 1. The third-order valence-electron chi connectivity index (χ3n) is 5.32. The van der Waals surface area contributed by atoms with Crippen molar-refractivity contribution in [1.29, 1.82) is 0 Å². The molecule has 0 saturated carbocycles. The largest absolute Gasteiger partial charge is 0.494 e. The zero-order valence-corrected chi connectivity index (χ0v) is 17.4. The third-order valence-corrected chi connectivity index (χ3v) is 6.40. The molecule has 4 rings (SSSR count). The highest BCUT2D eigenvalue weighted by atomic mass is 32.1. The smallest absolute Gasteiger partial charge is 0.253 e. The van der Waals surface area contributed by atoms with Gasteiger partial charge in [-0.1, -0.05) is 17.4 Å². The lowest BCUT2D eigenvalue weighted by atomic mass is 10.1. The van der Waals surface area contributed by atoms with Crippen LogP contribution in [-0.4, -0.2) is 48.6 Å². The predicted molar refractivity (Wildman–Crippen MR) is 115 cm³/mol. The molecule has 0 aliphatic carbocycles. The monoisotopic (exact) mass is 395 g/mol. The average Bonchev–Trinajstić information content (AvgIpc) is 3.16. The van der Waals surface area contributed by atoms with Crippen LogP contribution in [0.15, 0.2) is 36.4 Å². The maximum Gasteiger partial charge on any atom is 0.253 e.